The molecule has 0 bridgehead atoms. The highest BCUT2D eigenvalue weighted by atomic mass is 79.9. The SMILES string of the molecule is O=[N+]([O-])c1ccc(Br)cc1NCC1CCCS1(=O)=O. The van der Waals surface area contributed by atoms with E-state index < -0.39 is 20.0 Å². The molecule has 1 heterocycles. The van der Waals surface area contributed by atoms with Crippen LogP contribution in [0.15, 0.2) is 22.7 Å². The first-order chi connectivity index (χ1) is 8.90. The first kappa shape index (κ1) is 14.3. The van der Waals surface area contributed by atoms with Crippen LogP contribution in [0.1, 0.15) is 12.8 Å². The maximum atomic E-state index is 11.7. The molecule has 104 valence electrons. The van der Waals surface area contributed by atoms with Crippen LogP contribution >= 0.6 is 15.9 Å². The molecule has 1 aromatic carbocycles. The third-order valence-corrected chi connectivity index (χ3v) is 5.91. The molecule has 19 heavy (non-hydrogen) atoms. The molecule has 1 saturated heterocycles. The zero-order chi connectivity index (χ0) is 14.0. The molecule has 0 saturated carbocycles. The first-order valence-electron chi connectivity index (χ1n) is 5.79. The molecule has 6 nitrogen and oxygen atoms in total. The Balaban J connectivity index is 2.15. The number of rotatable bonds is 4. The molecule has 1 aromatic rings. The number of sulfone groups is 1. The third-order valence-electron chi connectivity index (χ3n) is 3.14. The molecule has 0 radical (unpaired) electrons. The van der Waals surface area contributed by atoms with Gasteiger partial charge in [0, 0.05) is 17.1 Å². The number of nitro groups is 1. The van der Waals surface area contributed by atoms with Gasteiger partial charge in [-0.3, -0.25) is 10.1 Å². The van der Waals surface area contributed by atoms with E-state index in [0.717, 1.165) is 0 Å². The molecule has 1 aliphatic heterocycles. The molecule has 2 rings (SSSR count). The predicted octanol–water partition coefficient (Wildman–Crippen LogP) is 2.35. The molecule has 0 aromatic heterocycles. The lowest BCUT2D eigenvalue weighted by Crippen LogP contribution is -2.25. The van der Waals surface area contributed by atoms with Gasteiger partial charge in [-0.2, -0.15) is 0 Å². The summed E-state index contributed by atoms with van der Waals surface area (Å²) in [7, 11) is -3.04. The Kier molecular flexibility index (Phi) is 4.10. The van der Waals surface area contributed by atoms with Gasteiger partial charge in [0.05, 0.1) is 15.9 Å². The molecule has 8 heteroatoms. The van der Waals surface area contributed by atoms with Crippen molar-refractivity contribution in [3.8, 4) is 0 Å². The van der Waals surface area contributed by atoms with Gasteiger partial charge in [0.1, 0.15) is 5.69 Å². The molecule has 0 aliphatic carbocycles. The summed E-state index contributed by atoms with van der Waals surface area (Å²) in [5.74, 6) is 0.208. The highest BCUT2D eigenvalue weighted by Crippen LogP contribution is 2.29. The average Bonchev–Trinajstić information content (AvgIpc) is 2.65. The summed E-state index contributed by atoms with van der Waals surface area (Å²) in [6.45, 7) is 0.208. The van der Waals surface area contributed by atoms with Crippen LogP contribution in [0.3, 0.4) is 0 Å². The minimum Gasteiger partial charge on any atom is -0.378 e. The Bertz CT molecular complexity index is 603. The van der Waals surface area contributed by atoms with Crippen LogP contribution in [0.2, 0.25) is 0 Å². The zero-order valence-corrected chi connectivity index (χ0v) is 12.4. The summed E-state index contributed by atoms with van der Waals surface area (Å²) < 4.78 is 24.1. The van der Waals surface area contributed by atoms with Gasteiger partial charge in [-0.1, -0.05) is 15.9 Å². The van der Waals surface area contributed by atoms with Gasteiger partial charge in [-0.05, 0) is 25.0 Å². The molecule has 1 aliphatic rings. The molecule has 1 atom stereocenters. The number of nitrogens with one attached hydrogen (secondary N) is 1. The van der Waals surface area contributed by atoms with Gasteiger partial charge < -0.3 is 5.32 Å². The largest absolute Gasteiger partial charge is 0.378 e. The summed E-state index contributed by atoms with van der Waals surface area (Å²) in [4.78, 5) is 10.4. The minimum atomic E-state index is -3.04. The summed E-state index contributed by atoms with van der Waals surface area (Å²) in [6.07, 6.45) is 1.27. The fourth-order valence-electron chi connectivity index (χ4n) is 2.12. The zero-order valence-electron chi connectivity index (χ0n) is 10.0. The van der Waals surface area contributed by atoms with Gasteiger partial charge in [0.2, 0.25) is 0 Å². The van der Waals surface area contributed by atoms with Crippen molar-refractivity contribution in [3.63, 3.8) is 0 Å². The number of anilines is 1. The summed E-state index contributed by atoms with van der Waals surface area (Å²) in [5.41, 5.74) is 0.278. The average molecular weight is 349 g/mol. The lowest BCUT2D eigenvalue weighted by atomic mass is 10.2. The van der Waals surface area contributed by atoms with Crippen LogP contribution in [-0.2, 0) is 9.84 Å². The van der Waals surface area contributed by atoms with E-state index in [1.807, 2.05) is 0 Å². The van der Waals surface area contributed by atoms with E-state index in [1.54, 1.807) is 12.1 Å². The quantitative estimate of drug-likeness (QED) is 0.666. The number of hydrogen-bond donors (Lipinski definition) is 1. The fraction of sp³-hybridized carbons (Fsp3) is 0.455. The lowest BCUT2D eigenvalue weighted by molar-refractivity contribution is -0.384. The molecular formula is C11H13BrN2O4S. The van der Waals surface area contributed by atoms with E-state index in [0.29, 0.717) is 23.0 Å². The van der Waals surface area contributed by atoms with Crippen LogP contribution < -0.4 is 5.32 Å². The molecule has 0 amide bonds. The Morgan fingerprint density at radius 2 is 2.21 bits per heavy atom. The maximum absolute atomic E-state index is 11.7. The number of nitro benzene ring substituents is 1. The van der Waals surface area contributed by atoms with Gasteiger partial charge in [-0.15, -0.1) is 0 Å². The van der Waals surface area contributed by atoms with Crippen molar-refractivity contribution in [2.75, 3.05) is 17.6 Å². The van der Waals surface area contributed by atoms with Crippen molar-refractivity contribution in [1.29, 1.82) is 0 Å². The minimum absolute atomic E-state index is 0.0569. The van der Waals surface area contributed by atoms with Gasteiger partial charge in [0.15, 0.2) is 9.84 Å². The second kappa shape index (κ2) is 5.46. The molecule has 0 spiro atoms. The van der Waals surface area contributed by atoms with E-state index in [9.17, 15) is 18.5 Å². The Morgan fingerprint density at radius 1 is 1.47 bits per heavy atom. The maximum Gasteiger partial charge on any atom is 0.292 e. The standard InChI is InChI=1S/C11H13BrN2O4S/c12-8-3-4-11(14(15)16)10(6-8)13-7-9-2-1-5-19(9,17)18/h3-4,6,9,13H,1-2,5,7H2. The van der Waals surface area contributed by atoms with Gasteiger partial charge in [-0.25, -0.2) is 8.42 Å². The third kappa shape index (κ3) is 3.24. The Morgan fingerprint density at radius 3 is 2.79 bits per heavy atom. The first-order valence-corrected chi connectivity index (χ1v) is 8.30. The van der Waals surface area contributed by atoms with E-state index >= 15 is 0 Å². The normalized spacial score (nSPS) is 21.2. The van der Waals surface area contributed by atoms with E-state index in [4.69, 9.17) is 0 Å². The number of halogens is 1. The summed E-state index contributed by atoms with van der Waals surface area (Å²) >= 11 is 3.24. The monoisotopic (exact) mass is 348 g/mol. The fourth-order valence-corrected chi connectivity index (χ4v) is 4.25. The summed E-state index contributed by atoms with van der Waals surface area (Å²) in [6, 6.07) is 4.55. The van der Waals surface area contributed by atoms with Crippen LogP contribution in [0.25, 0.3) is 0 Å². The van der Waals surface area contributed by atoms with E-state index in [2.05, 4.69) is 21.2 Å². The number of nitrogens with zero attached hydrogens (tertiary/aromatic N) is 1. The van der Waals surface area contributed by atoms with Crippen LogP contribution in [-0.4, -0.2) is 30.9 Å². The van der Waals surface area contributed by atoms with E-state index in [1.165, 1.54) is 6.07 Å². The van der Waals surface area contributed by atoms with Crippen molar-refractivity contribution < 1.29 is 13.3 Å². The van der Waals surface area contributed by atoms with Crippen molar-refractivity contribution in [2.45, 2.75) is 18.1 Å². The lowest BCUT2D eigenvalue weighted by Gasteiger charge is -2.12. The van der Waals surface area contributed by atoms with Gasteiger partial charge >= 0.3 is 0 Å². The Hall–Kier alpha value is -1.15. The van der Waals surface area contributed by atoms with Crippen molar-refractivity contribution >= 4 is 37.1 Å². The second-order valence-corrected chi connectivity index (χ2v) is 7.75. The van der Waals surface area contributed by atoms with Crippen molar-refractivity contribution in [1.82, 2.24) is 0 Å². The topological polar surface area (TPSA) is 89.3 Å². The van der Waals surface area contributed by atoms with Crippen molar-refractivity contribution in [2.24, 2.45) is 0 Å². The van der Waals surface area contributed by atoms with Crippen LogP contribution in [0.4, 0.5) is 11.4 Å². The van der Waals surface area contributed by atoms with Crippen molar-refractivity contribution in [3.05, 3.63) is 32.8 Å². The smallest absolute Gasteiger partial charge is 0.292 e. The predicted molar refractivity (Wildman–Crippen MR) is 76.1 cm³/mol. The van der Waals surface area contributed by atoms with Gasteiger partial charge in [0.25, 0.3) is 5.69 Å². The summed E-state index contributed by atoms with van der Waals surface area (Å²) in [5, 5.41) is 13.3. The number of hydrogen-bond acceptors (Lipinski definition) is 5. The molecule has 1 unspecified atom stereocenters. The van der Waals surface area contributed by atoms with E-state index in [-0.39, 0.29) is 18.0 Å². The van der Waals surface area contributed by atoms with Crippen LogP contribution in [0.5, 0.6) is 0 Å². The number of benzene rings is 1. The second-order valence-electron chi connectivity index (χ2n) is 4.43. The highest BCUT2D eigenvalue weighted by Gasteiger charge is 2.31. The molecule has 1 fully saturated rings. The highest BCUT2D eigenvalue weighted by molar-refractivity contribution is 9.10. The molecule has 1 N–H and O–H groups in total. The molecular weight excluding hydrogens is 336 g/mol. The Labute approximate surface area is 119 Å². The van der Waals surface area contributed by atoms with Crippen LogP contribution in [0, 0.1) is 10.1 Å².